The number of hydrogen-bond acceptors (Lipinski definition) is 4. The van der Waals surface area contributed by atoms with Gasteiger partial charge in [0.05, 0.1) is 11.9 Å². The van der Waals surface area contributed by atoms with Crippen LogP contribution >= 0.6 is 12.2 Å². The van der Waals surface area contributed by atoms with Crippen molar-refractivity contribution in [3.63, 3.8) is 0 Å². The quantitative estimate of drug-likeness (QED) is 0.806. The number of nitrogens with two attached hydrogens (primary N) is 1. The van der Waals surface area contributed by atoms with Crippen molar-refractivity contribution in [3.05, 3.63) is 47.3 Å². The molecule has 0 atom stereocenters. The Morgan fingerprint density at radius 3 is 2.76 bits per heavy atom. The second kappa shape index (κ2) is 5.92. The van der Waals surface area contributed by atoms with Crippen LogP contribution in [0, 0.1) is 6.92 Å². The zero-order chi connectivity index (χ0) is 15.6. The fraction of sp³-hybridized carbons (Fsp3) is 0.231. The van der Waals surface area contributed by atoms with Gasteiger partial charge in [0.25, 0.3) is 0 Å². The standard InChI is InChI=1S/C13H16N4O2S2/c1-9-12(7-15-16-9)21(18,19)17(2)8-10-4-3-5-11(6-10)13(14)20/h3-7H,8H2,1-2H3,(H2,14,20)(H,15,16). The largest absolute Gasteiger partial charge is 0.389 e. The minimum Gasteiger partial charge on any atom is -0.389 e. The third-order valence-electron chi connectivity index (χ3n) is 3.09. The number of hydrogen-bond donors (Lipinski definition) is 2. The smallest absolute Gasteiger partial charge is 0.246 e. The highest BCUT2D eigenvalue weighted by Crippen LogP contribution is 2.18. The monoisotopic (exact) mass is 324 g/mol. The molecule has 0 spiro atoms. The summed E-state index contributed by atoms with van der Waals surface area (Å²) in [5, 5.41) is 6.38. The van der Waals surface area contributed by atoms with Gasteiger partial charge < -0.3 is 5.73 Å². The number of aromatic amines is 1. The molecule has 6 nitrogen and oxygen atoms in total. The molecule has 0 aliphatic carbocycles. The molecule has 0 radical (unpaired) electrons. The highest BCUT2D eigenvalue weighted by Gasteiger charge is 2.24. The number of sulfonamides is 1. The second-order valence-corrected chi connectivity index (χ2v) is 7.14. The third-order valence-corrected chi connectivity index (χ3v) is 5.24. The van der Waals surface area contributed by atoms with Crippen LogP contribution in [0.25, 0.3) is 0 Å². The van der Waals surface area contributed by atoms with E-state index in [1.54, 1.807) is 25.1 Å². The molecule has 3 N–H and O–H groups in total. The fourth-order valence-electron chi connectivity index (χ4n) is 1.93. The average molecular weight is 324 g/mol. The van der Waals surface area contributed by atoms with Crippen LogP contribution in [0.3, 0.4) is 0 Å². The van der Waals surface area contributed by atoms with Gasteiger partial charge in [0.15, 0.2) is 0 Å². The lowest BCUT2D eigenvalue weighted by Crippen LogP contribution is -2.27. The Labute approximate surface area is 129 Å². The maximum Gasteiger partial charge on any atom is 0.246 e. The molecule has 1 aromatic heterocycles. The highest BCUT2D eigenvalue weighted by molar-refractivity contribution is 7.89. The molecule has 0 saturated carbocycles. The van der Waals surface area contributed by atoms with Crippen LogP contribution in [-0.2, 0) is 16.6 Å². The van der Waals surface area contributed by atoms with Gasteiger partial charge >= 0.3 is 0 Å². The first kappa shape index (κ1) is 15.6. The van der Waals surface area contributed by atoms with Crippen molar-refractivity contribution >= 4 is 27.2 Å². The second-order valence-electron chi connectivity index (χ2n) is 4.68. The highest BCUT2D eigenvalue weighted by atomic mass is 32.2. The Bertz CT molecular complexity index is 768. The number of benzene rings is 1. The normalized spacial score (nSPS) is 11.8. The van der Waals surface area contributed by atoms with E-state index in [2.05, 4.69) is 10.2 Å². The molecule has 1 aromatic carbocycles. The summed E-state index contributed by atoms with van der Waals surface area (Å²) in [4.78, 5) is 0.462. The van der Waals surface area contributed by atoms with Crippen LogP contribution in [-0.4, -0.2) is 35.0 Å². The van der Waals surface area contributed by atoms with Gasteiger partial charge in [-0.2, -0.15) is 9.40 Å². The van der Waals surface area contributed by atoms with Crippen LogP contribution in [0.4, 0.5) is 0 Å². The summed E-state index contributed by atoms with van der Waals surface area (Å²) in [5.74, 6) is 0. The van der Waals surface area contributed by atoms with Crippen molar-refractivity contribution < 1.29 is 8.42 Å². The number of nitrogens with zero attached hydrogens (tertiary/aromatic N) is 2. The zero-order valence-corrected chi connectivity index (χ0v) is 13.3. The van der Waals surface area contributed by atoms with E-state index >= 15 is 0 Å². The van der Waals surface area contributed by atoms with Gasteiger partial charge in [-0.25, -0.2) is 8.42 Å². The number of aryl methyl sites for hydroxylation is 1. The summed E-state index contributed by atoms with van der Waals surface area (Å²) in [5.41, 5.74) is 7.62. The lowest BCUT2D eigenvalue weighted by Gasteiger charge is -2.17. The van der Waals surface area contributed by atoms with Gasteiger partial charge in [-0.3, -0.25) is 5.10 Å². The van der Waals surface area contributed by atoms with E-state index in [9.17, 15) is 8.42 Å². The molecule has 0 aliphatic heterocycles. The number of thiocarbonyl (C=S) groups is 1. The molecule has 0 unspecified atom stereocenters. The number of nitrogens with one attached hydrogen (secondary N) is 1. The van der Waals surface area contributed by atoms with Gasteiger partial charge in [0, 0.05) is 19.2 Å². The minimum absolute atomic E-state index is 0.176. The molecule has 0 saturated heterocycles. The first-order chi connectivity index (χ1) is 9.82. The van der Waals surface area contributed by atoms with Crippen molar-refractivity contribution in [2.24, 2.45) is 5.73 Å². The van der Waals surface area contributed by atoms with Crippen LogP contribution in [0.5, 0.6) is 0 Å². The summed E-state index contributed by atoms with van der Waals surface area (Å²) in [7, 11) is -2.06. The molecular formula is C13H16N4O2S2. The number of aromatic nitrogens is 2. The van der Waals surface area contributed by atoms with E-state index in [4.69, 9.17) is 18.0 Å². The molecule has 0 amide bonds. The van der Waals surface area contributed by atoms with Gasteiger partial charge in [-0.05, 0) is 18.6 Å². The van der Waals surface area contributed by atoms with Crippen LogP contribution in [0.2, 0.25) is 0 Å². The molecule has 0 fully saturated rings. The molecule has 1 heterocycles. The Morgan fingerprint density at radius 2 is 2.19 bits per heavy atom. The van der Waals surface area contributed by atoms with Crippen LogP contribution < -0.4 is 5.73 Å². The fourth-order valence-corrected chi connectivity index (χ4v) is 3.33. The van der Waals surface area contributed by atoms with Crippen molar-refractivity contribution in [2.45, 2.75) is 18.4 Å². The van der Waals surface area contributed by atoms with Crippen molar-refractivity contribution in [3.8, 4) is 0 Å². The van der Waals surface area contributed by atoms with Gasteiger partial charge in [-0.1, -0.05) is 30.4 Å². The molecule has 21 heavy (non-hydrogen) atoms. The van der Waals surface area contributed by atoms with E-state index in [0.717, 1.165) is 5.56 Å². The first-order valence-electron chi connectivity index (χ1n) is 6.17. The summed E-state index contributed by atoms with van der Waals surface area (Å²) in [6.45, 7) is 1.89. The summed E-state index contributed by atoms with van der Waals surface area (Å²) >= 11 is 4.92. The minimum atomic E-state index is -3.58. The Morgan fingerprint density at radius 1 is 1.48 bits per heavy atom. The summed E-state index contributed by atoms with van der Waals surface area (Å²) in [6, 6.07) is 7.21. The van der Waals surface area contributed by atoms with E-state index in [1.807, 2.05) is 6.07 Å². The molecular weight excluding hydrogens is 308 g/mol. The number of H-pyrrole nitrogens is 1. The lowest BCUT2D eigenvalue weighted by molar-refractivity contribution is 0.466. The van der Waals surface area contributed by atoms with Gasteiger partial charge in [-0.15, -0.1) is 0 Å². The van der Waals surface area contributed by atoms with Crippen LogP contribution in [0.1, 0.15) is 16.8 Å². The predicted molar refractivity (Wildman–Crippen MR) is 84.3 cm³/mol. The topological polar surface area (TPSA) is 92.1 Å². The van der Waals surface area contributed by atoms with Crippen molar-refractivity contribution in [1.29, 1.82) is 0 Å². The van der Waals surface area contributed by atoms with Crippen molar-refractivity contribution in [1.82, 2.24) is 14.5 Å². The maximum atomic E-state index is 12.5. The predicted octanol–water partition coefficient (Wildman–Crippen LogP) is 1.17. The van der Waals surface area contributed by atoms with Crippen LogP contribution in [0.15, 0.2) is 35.4 Å². The third kappa shape index (κ3) is 3.29. The molecule has 2 rings (SSSR count). The zero-order valence-electron chi connectivity index (χ0n) is 11.7. The first-order valence-corrected chi connectivity index (χ1v) is 8.02. The molecule has 0 bridgehead atoms. The molecule has 8 heteroatoms. The maximum absolute atomic E-state index is 12.5. The average Bonchev–Trinajstić information content (AvgIpc) is 2.86. The van der Waals surface area contributed by atoms with E-state index in [-0.39, 0.29) is 16.4 Å². The molecule has 0 aliphatic rings. The summed E-state index contributed by atoms with van der Waals surface area (Å²) < 4.78 is 26.2. The van der Waals surface area contributed by atoms with E-state index < -0.39 is 10.0 Å². The lowest BCUT2D eigenvalue weighted by atomic mass is 10.1. The molecule has 112 valence electrons. The van der Waals surface area contributed by atoms with E-state index in [1.165, 1.54) is 17.5 Å². The Hall–Kier alpha value is -1.77. The molecule has 2 aromatic rings. The number of rotatable bonds is 5. The van der Waals surface area contributed by atoms with Gasteiger partial charge in [0.1, 0.15) is 9.88 Å². The Kier molecular flexibility index (Phi) is 4.40. The van der Waals surface area contributed by atoms with Crippen molar-refractivity contribution in [2.75, 3.05) is 7.05 Å². The Balaban J connectivity index is 2.26. The van der Waals surface area contributed by atoms with Gasteiger partial charge in [0.2, 0.25) is 10.0 Å². The van der Waals surface area contributed by atoms with E-state index in [0.29, 0.717) is 11.3 Å². The summed E-state index contributed by atoms with van der Waals surface area (Å²) in [6.07, 6.45) is 1.31. The SMILES string of the molecule is Cc1[nH]ncc1S(=O)(=O)N(C)Cc1cccc(C(N)=S)c1.